The second-order valence-corrected chi connectivity index (χ2v) is 12.6. The maximum absolute atomic E-state index is 12.8. The number of aliphatic hydroxyl groups is 6. The molecule has 16 nitrogen and oxygen atoms in total. The highest BCUT2D eigenvalue weighted by Crippen LogP contribution is 2.20. The average Bonchev–Trinajstić information content (AvgIpc) is 3.25. The third kappa shape index (κ3) is 69.5. The average molecular weight is 1130 g/mol. The number of hydrogen-bond acceptors (Lipinski definition) is 16. The molecule has 0 bridgehead atoms. The molecular formula is C36H60F20O16. The van der Waals surface area contributed by atoms with Crippen LogP contribution in [0.25, 0.3) is 0 Å². The van der Waals surface area contributed by atoms with Crippen molar-refractivity contribution in [2.45, 2.75) is 61.3 Å². The van der Waals surface area contributed by atoms with Gasteiger partial charge in [-0.05, 0) is 0 Å². The Morgan fingerprint density at radius 2 is 0.625 bits per heavy atom. The summed E-state index contributed by atoms with van der Waals surface area (Å²) < 4.78 is 273. The molecule has 440 valence electrons. The predicted molar refractivity (Wildman–Crippen MR) is 205 cm³/mol. The van der Waals surface area contributed by atoms with Gasteiger partial charge in [0.05, 0.1) is 66.1 Å². The summed E-state index contributed by atoms with van der Waals surface area (Å²) in [5.74, 6) is -6.48. The second-order valence-electron chi connectivity index (χ2n) is 12.6. The van der Waals surface area contributed by atoms with E-state index >= 15 is 0 Å². The summed E-state index contributed by atoms with van der Waals surface area (Å²) in [5, 5.41) is 52.9. The Kier molecular flexibility index (Phi) is 58.3. The van der Waals surface area contributed by atoms with Gasteiger partial charge in [-0.3, -0.25) is 9.47 Å². The molecule has 0 aromatic rings. The van der Waals surface area contributed by atoms with Crippen molar-refractivity contribution in [2.75, 3.05) is 147 Å². The summed E-state index contributed by atoms with van der Waals surface area (Å²) in [7, 11) is 2.97. The smallest absolute Gasteiger partial charge is 0.381 e. The third-order valence-corrected chi connectivity index (χ3v) is 5.96. The van der Waals surface area contributed by atoms with Crippen LogP contribution in [-0.4, -0.2) is 226 Å². The molecule has 0 heterocycles. The van der Waals surface area contributed by atoms with Crippen molar-refractivity contribution in [2.24, 2.45) is 0 Å². The number of aliphatic hydroxyl groups excluding tert-OH is 6. The van der Waals surface area contributed by atoms with Gasteiger partial charge in [-0.15, -0.1) is 0 Å². The van der Waals surface area contributed by atoms with E-state index in [2.05, 4.69) is 37.9 Å². The number of methoxy groups -OCH3 is 2. The monoisotopic (exact) mass is 1130 g/mol. The van der Waals surface area contributed by atoms with Gasteiger partial charge in [0.2, 0.25) is 0 Å². The highest BCUT2D eigenvalue weighted by molar-refractivity contribution is 4.77. The van der Waals surface area contributed by atoms with E-state index in [1.807, 2.05) is 0 Å². The first-order valence-electron chi connectivity index (χ1n) is 19.5. The minimum atomic E-state index is -3.83. The molecule has 0 aliphatic rings. The van der Waals surface area contributed by atoms with Gasteiger partial charge in [0.15, 0.2) is 13.7 Å². The summed E-state index contributed by atoms with van der Waals surface area (Å²) in [6.07, 6.45) is -24.9. The molecule has 0 aliphatic heterocycles. The van der Waals surface area contributed by atoms with Crippen LogP contribution in [0.4, 0.5) is 87.8 Å². The minimum Gasteiger partial charge on any atom is -0.396 e. The van der Waals surface area contributed by atoms with Crippen LogP contribution in [0.5, 0.6) is 0 Å². The molecular weight excluding hydrogens is 1070 g/mol. The molecule has 0 saturated heterocycles. The first-order chi connectivity index (χ1) is 33.3. The molecule has 0 fully saturated rings. The minimum absolute atomic E-state index is 0.0424. The topological polar surface area (TPSA) is 214 Å². The fourth-order valence-electron chi connectivity index (χ4n) is 3.16. The van der Waals surface area contributed by atoms with Crippen LogP contribution in [0.15, 0.2) is 24.3 Å². The van der Waals surface area contributed by atoms with Crippen molar-refractivity contribution < 1.29 is 166 Å². The van der Waals surface area contributed by atoms with Crippen molar-refractivity contribution in [1.29, 1.82) is 0 Å². The summed E-state index contributed by atoms with van der Waals surface area (Å²) in [6.45, 7) is -12.0. The van der Waals surface area contributed by atoms with Crippen LogP contribution >= 0.6 is 0 Å². The molecule has 0 spiro atoms. The Bertz CT molecular complexity index is 1070. The molecule has 0 rings (SSSR count). The largest absolute Gasteiger partial charge is 0.396 e. The normalized spacial score (nSPS) is 13.2. The van der Waals surface area contributed by atoms with Crippen molar-refractivity contribution in [3.05, 3.63) is 24.3 Å². The number of ether oxygens (including phenoxy) is 10. The maximum Gasteiger partial charge on any atom is 0.381 e. The first kappa shape index (κ1) is 80.8. The van der Waals surface area contributed by atoms with E-state index < -0.39 is 179 Å². The lowest BCUT2D eigenvalue weighted by atomic mass is 10.2. The molecule has 36 heteroatoms. The van der Waals surface area contributed by atoms with E-state index in [1.54, 1.807) is 0 Å². The van der Waals surface area contributed by atoms with Crippen LogP contribution < -0.4 is 0 Å². The van der Waals surface area contributed by atoms with Crippen molar-refractivity contribution in [1.82, 2.24) is 0 Å². The number of alkyl halides is 12. The van der Waals surface area contributed by atoms with Crippen molar-refractivity contribution >= 4 is 0 Å². The van der Waals surface area contributed by atoms with Crippen LogP contribution in [0.3, 0.4) is 0 Å². The van der Waals surface area contributed by atoms with Crippen LogP contribution in [0.2, 0.25) is 0 Å². The lowest BCUT2D eigenvalue weighted by Crippen LogP contribution is -2.32. The Morgan fingerprint density at radius 1 is 0.389 bits per heavy atom. The van der Waals surface area contributed by atoms with E-state index in [4.69, 9.17) is 29.9 Å². The highest BCUT2D eigenvalue weighted by atomic mass is 19.3. The Balaban J connectivity index is -0.000000193. The van der Waals surface area contributed by atoms with Crippen LogP contribution in [-0.2, 0) is 47.4 Å². The zero-order valence-corrected chi connectivity index (χ0v) is 38.2. The van der Waals surface area contributed by atoms with Crippen LogP contribution in [0, 0.1) is 0 Å². The van der Waals surface area contributed by atoms with Gasteiger partial charge in [-0.25, -0.2) is 35.1 Å². The number of halogens is 20. The lowest BCUT2D eigenvalue weighted by Gasteiger charge is -2.18. The molecule has 6 N–H and O–H groups in total. The molecule has 0 aromatic carbocycles. The number of hydrogen-bond donors (Lipinski definition) is 6. The van der Waals surface area contributed by atoms with Gasteiger partial charge in [0.25, 0.3) is 11.8 Å². The summed E-state index contributed by atoms with van der Waals surface area (Å²) >= 11 is 0. The zero-order valence-electron chi connectivity index (χ0n) is 38.2. The first-order valence-corrected chi connectivity index (χ1v) is 19.5. The molecule has 4 unspecified atom stereocenters. The standard InChI is InChI=1S/2C10H17F5O5.2C6H13FO3.2C2F4/c2*11-7-20-10(14,15)6-19-4-8(17)3-18-5-9(12,13)1-2-16;2*1-9-4-6(8)5-10-3-2-7;2*3-1(4)2(5)6/h2*8,16-17H,1-7H2;2*6,8H,2-5H2,1H3;;. The Morgan fingerprint density at radius 3 is 0.833 bits per heavy atom. The highest BCUT2D eigenvalue weighted by Gasteiger charge is 2.33. The quantitative estimate of drug-likeness (QED) is 0.0323. The van der Waals surface area contributed by atoms with Gasteiger partial charge in [-0.1, -0.05) is 0 Å². The maximum atomic E-state index is 12.8. The summed E-state index contributed by atoms with van der Waals surface area (Å²) in [5.41, 5.74) is 0. The van der Waals surface area contributed by atoms with E-state index in [9.17, 15) is 98.0 Å². The Labute approximate surface area is 398 Å². The molecule has 0 aromatic heterocycles. The van der Waals surface area contributed by atoms with Crippen LogP contribution in [0.1, 0.15) is 12.8 Å². The molecule has 4 atom stereocenters. The van der Waals surface area contributed by atoms with Gasteiger partial charge < -0.3 is 68.5 Å². The molecule has 0 radical (unpaired) electrons. The second kappa shape index (κ2) is 51.9. The third-order valence-electron chi connectivity index (χ3n) is 5.96. The lowest BCUT2D eigenvalue weighted by molar-refractivity contribution is -0.281. The molecule has 72 heavy (non-hydrogen) atoms. The molecule has 0 aliphatic carbocycles. The number of rotatable bonds is 36. The fraction of sp³-hybridized carbons (Fsp3) is 0.889. The van der Waals surface area contributed by atoms with Gasteiger partial charge in [0.1, 0.15) is 64.2 Å². The SMILES string of the molecule is COCC(O)COCCF.COCC(O)COCCF.FC(F)=C(F)F.FC(F)=C(F)F.OCCC(F)(F)COCC(O)COCC(F)(F)OCF.OCCC(F)(F)COCC(O)COCC(F)(F)OCF. The van der Waals surface area contributed by atoms with Gasteiger partial charge in [-0.2, -0.15) is 52.7 Å². The Hall–Kier alpha value is -2.56. The van der Waals surface area contributed by atoms with Crippen molar-refractivity contribution in [3.63, 3.8) is 0 Å². The molecule has 0 saturated carbocycles. The van der Waals surface area contributed by atoms with E-state index in [0.29, 0.717) is 0 Å². The summed E-state index contributed by atoms with van der Waals surface area (Å²) in [6, 6.07) is 0. The molecule has 0 amide bonds. The van der Waals surface area contributed by atoms with Gasteiger partial charge in [0, 0.05) is 40.3 Å². The zero-order chi connectivity index (χ0) is 57.2. The van der Waals surface area contributed by atoms with E-state index in [-0.39, 0.29) is 39.6 Å². The van der Waals surface area contributed by atoms with E-state index in [1.165, 1.54) is 14.2 Å². The van der Waals surface area contributed by atoms with E-state index in [0.717, 1.165) is 0 Å². The summed E-state index contributed by atoms with van der Waals surface area (Å²) in [4.78, 5) is 0. The fourth-order valence-corrected chi connectivity index (χ4v) is 3.16. The van der Waals surface area contributed by atoms with Gasteiger partial charge >= 0.3 is 36.5 Å². The van der Waals surface area contributed by atoms with Crippen molar-refractivity contribution in [3.8, 4) is 0 Å². The predicted octanol–water partition coefficient (Wildman–Crippen LogP) is 5.81.